The molecule has 0 aromatic heterocycles. The number of benzene rings is 3. The van der Waals surface area contributed by atoms with E-state index in [1.165, 1.54) is 18.2 Å². The maximum absolute atomic E-state index is 14.1. The molecule has 3 rings (SSSR count). The van der Waals surface area contributed by atoms with Gasteiger partial charge in [-0.25, -0.2) is 12.8 Å². The van der Waals surface area contributed by atoms with Crippen LogP contribution in [0.15, 0.2) is 65.6 Å². The number of anilines is 1. The summed E-state index contributed by atoms with van der Waals surface area (Å²) in [6.07, 6.45) is -5.18. The zero-order valence-corrected chi connectivity index (χ0v) is 20.2. The molecule has 38 heavy (non-hydrogen) atoms. The first-order valence-corrected chi connectivity index (χ1v) is 12.2. The lowest BCUT2D eigenvalue weighted by Gasteiger charge is -2.27. The number of amides is 1. The molecule has 0 radical (unpaired) electrons. The largest absolute Gasteiger partial charge is 0.423 e. The molecule has 0 saturated carbocycles. The number of hydrogen-bond acceptors (Lipinski definition) is 7. The highest BCUT2D eigenvalue weighted by atomic mass is 35.5. The first-order chi connectivity index (χ1) is 17.6. The van der Waals surface area contributed by atoms with Gasteiger partial charge < -0.3 is 10.4 Å². The quantitative estimate of drug-likeness (QED) is 0.239. The zero-order chi connectivity index (χ0) is 28.5. The van der Waals surface area contributed by atoms with Crippen LogP contribution in [0.25, 0.3) is 0 Å². The summed E-state index contributed by atoms with van der Waals surface area (Å²) in [5.74, 6) is -4.10. The smallest absolute Gasteiger partial charge is 0.374 e. The van der Waals surface area contributed by atoms with Crippen molar-refractivity contribution in [2.45, 2.75) is 16.7 Å². The number of sulfone groups is 1. The fraction of sp³-hybridized carbons (Fsp3) is 0.130. The molecule has 0 saturated heterocycles. The second kappa shape index (κ2) is 10.4. The number of alkyl halides is 3. The Bertz CT molecular complexity index is 1570. The van der Waals surface area contributed by atoms with Crippen LogP contribution < -0.4 is 5.32 Å². The molecule has 0 aliphatic heterocycles. The van der Waals surface area contributed by atoms with E-state index in [4.69, 9.17) is 16.9 Å². The Kier molecular flexibility index (Phi) is 7.78. The molecule has 3 aromatic carbocycles. The normalized spacial score (nSPS) is 13.3. The van der Waals surface area contributed by atoms with Crippen LogP contribution in [0, 0.1) is 27.3 Å². The molecule has 0 spiro atoms. The van der Waals surface area contributed by atoms with Crippen molar-refractivity contribution in [2.24, 2.45) is 0 Å². The van der Waals surface area contributed by atoms with Crippen LogP contribution in [0.1, 0.15) is 16.7 Å². The third-order valence-corrected chi connectivity index (χ3v) is 7.29. The maximum atomic E-state index is 14.1. The molecule has 0 fully saturated rings. The van der Waals surface area contributed by atoms with Crippen LogP contribution in [0.2, 0.25) is 5.02 Å². The number of aliphatic hydroxyl groups is 1. The van der Waals surface area contributed by atoms with Crippen molar-refractivity contribution in [3.05, 3.63) is 98.3 Å². The predicted molar refractivity (Wildman–Crippen MR) is 125 cm³/mol. The van der Waals surface area contributed by atoms with Gasteiger partial charge in [0.25, 0.3) is 11.6 Å². The minimum absolute atomic E-state index is 0.138. The number of halogens is 5. The Hall–Kier alpha value is -4.06. The third kappa shape index (κ3) is 5.91. The lowest BCUT2D eigenvalue weighted by Crippen LogP contribution is -2.46. The molecule has 198 valence electrons. The van der Waals surface area contributed by atoms with E-state index in [1.54, 1.807) is 0 Å². The molecule has 2 N–H and O–H groups in total. The molecular formula is C23H14ClF4N3O6S. The molecule has 9 nitrogen and oxygen atoms in total. The summed E-state index contributed by atoms with van der Waals surface area (Å²) in [5, 5.41) is 33.3. The van der Waals surface area contributed by atoms with Gasteiger partial charge in [0, 0.05) is 16.8 Å². The van der Waals surface area contributed by atoms with E-state index in [2.05, 4.69) is 0 Å². The first kappa shape index (κ1) is 28.5. The van der Waals surface area contributed by atoms with Crippen molar-refractivity contribution in [2.75, 3.05) is 11.1 Å². The fourth-order valence-electron chi connectivity index (χ4n) is 3.38. The van der Waals surface area contributed by atoms with E-state index in [0.29, 0.717) is 12.1 Å². The highest BCUT2D eigenvalue weighted by Crippen LogP contribution is 2.38. The molecule has 15 heteroatoms. The highest BCUT2D eigenvalue weighted by molar-refractivity contribution is 7.91. The number of nitro benzene ring substituents is 1. The minimum Gasteiger partial charge on any atom is -0.374 e. The molecule has 1 amide bonds. The maximum Gasteiger partial charge on any atom is 0.423 e. The number of hydrogen-bond donors (Lipinski definition) is 2. The minimum atomic E-state index is -5.18. The van der Waals surface area contributed by atoms with Crippen molar-refractivity contribution in [3.63, 3.8) is 0 Å². The summed E-state index contributed by atoms with van der Waals surface area (Å²) in [6, 6.07) is 9.86. The van der Waals surface area contributed by atoms with Gasteiger partial charge in [0.05, 0.1) is 21.1 Å². The fourth-order valence-corrected chi connectivity index (χ4v) is 5.08. The van der Waals surface area contributed by atoms with E-state index >= 15 is 0 Å². The number of rotatable bonds is 7. The highest BCUT2D eigenvalue weighted by Gasteiger charge is 2.44. The van der Waals surface area contributed by atoms with Crippen LogP contribution in [0.3, 0.4) is 0 Å². The number of carbonyl (C=O) groups is 1. The van der Waals surface area contributed by atoms with Gasteiger partial charge in [0.15, 0.2) is 15.4 Å². The second-order valence-electron chi connectivity index (χ2n) is 7.82. The third-order valence-electron chi connectivity index (χ3n) is 5.27. The monoisotopic (exact) mass is 571 g/mol. The van der Waals surface area contributed by atoms with Crippen molar-refractivity contribution in [3.8, 4) is 6.07 Å². The van der Waals surface area contributed by atoms with Gasteiger partial charge in [-0.15, -0.1) is 0 Å². The summed E-state index contributed by atoms with van der Waals surface area (Å²) in [5.41, 5.74) is -7.40. The second-order valence-corrected chi connectivity index (χ2v) is 10.2. The van der Waals surface area contributed by atoms with E-state index in [9.17, 15) is 46.0 Å². The number of nitriles is 1. The SMILES string of the molecule is N#Cc1ccc(S(=O)(=O)CC(O)(C(=O)Nc2ccc([N+](=O)[O-])c(C(F)(F)F)c2)c2ccc(Cl)cc2)cc1F. The molecule has 1 unspecified atom stereocenters. The van der Waals surface area contributed by atoms with Crippen molar-refractivity contribution in [1.29, 1.82) is 5.26 Å². The van der Waals surface area contributed by atoms with Crippen LogP contribution in [0.5, 0.6) is 0 Å². The Labute approximate surface area is 217 Å². The lowest BCUT2D eigenvalue weighted by atomic mass is 9.94. The summed E-state index contributed by atoms with van der Waals surface area (Å²) >= 11 is 5.82. The Morgan fingerprint density at radius 3 is 2.26 bits per heavy atom. The summed E-state index contributed by atoms with van der Waals surface area (Å²) in [6.45, 7) is 0. The van der Waals surface area contributed by atoms with Crippen molar-refractivity contribution >= 4 is 38.7 Å². The summed E-state index contributed by atoms with van der Waals surface area (Å²) in [7, 11) is -4.67. The van der Waals surface area contributed by atoms with Crippen molar-refractivity contribution in [1.82, 2.24) is 0 Å². The number of nitrogens with one attached hydrogen (secondary N) is 1. The van der Waals surface area contributed by atoms with E-state index in [1.807, 2.05) is 5.32 Å². The predicted octanol–water partition coefficient (Wildman–Crippen LogP) is 4.58. The van der Waals surface area contributed by atoms with Gasteiger partial charge in [-0.1, -0.05) is 23.7 Å². The van der Waals surface area contributed by atoms with Gasteiger partial charge in [-0.3, -0.25) is 14.9 Å². The summed E-state index contributed by atoms with van der Waals surface area (Å²) in [4.78, 5) is 22.2. The molecule has 0 bridgehead atoms. The van der Waals surface area contributed by atoms with E-state index < -0.39 is 71.4 Å². The molecule has 0 aliphatic rings. The Balaban J connectivity index is 2.08. The zero-order valence-electron chi connectivity index (χ0n) is 18.7. The van der Waals surface area contributed by atoms with Gasteiger partial charge in [-0.2, -0.15) is 18.4 Å². The van der Waals surface area contributed by atoms with Crippen LogP contribution in [-0.2, 0) is 26.4 Å². The molecule has 3 aromatic rings. The molecule has 1 atom stereocenters. The number of nitrogens with zero attached hydrogens (tertiary/aromatic N) is 2. The van der Waals surface area contributed by atoms with Crippen LogP contribution >= 0.6 is 11.6 Å². The number of nitro groups is 1. The van der Waals surface area contributed by atoms with Gasteiger partial charge in [0.2, 0.25) is 0 Å². The average Bonchev–Trinajstić information content (AvgIpc) is 2.83. The standard InChI is InChI=1S/C23H14ClF4N3O6S/c24-15-4-2-14(3-5-15)22(33,12-38(36,37)17-7-1-13(11-29)19(25)10-17)21(32)30-16-6-8-20(31(34)35)18(9-16)23(26,27)28/h1-10,33H,12H2,(H,30,32). The molecule has 0 heterocycles. The average molecular weight is 572 g/mol. The Morgan fingerprint density at radius 1 is 1.11 bits per heavy atom. The van der Waals surface area contributed by atoms with Crippen LogP contribution in [0.4, 0.5) is 28.9 Å². The topological polar surface area (TPSA) is 150 Å². The molecular weight excluding hydrogens is 558 g/mol. The van der Waals surface area contributed by atoms with Gasteiger partial charge in [-0.05, 0) is 48.0 Å². The van der Waals surface area contributed by atoms with Crippen molar-refractivity contribution < 1.29 is 40.8 Å². The van der Waals surface area contributed by atoms with Crippen LogP contribution in [-0.4, -0.2) is 30.1 Å². The molecule has 0 aliphatic carbocycles. The van der Waals surface area contributed by atoms with Gasteiger partial charge >= 0.3 is 6.18 Å². The van der Waals surface area contributed by atoms with Gasteiger partial charge in [0.1, 0.15) is 17.4 Å². The number of carbonyl (C=O) groups excluding carboxylic acids is 1. The van der Waals surface area contributed by atoms with E-state index in [0.717, 1.165) is 30.3 Å². The Morgan fingerprint density at radius 2 is 1.74 bits per heavy atom. The lowest BCUT2D eigenvalue weighted by molar-refractivity contribution is -0.388. The summed E-state index contributed by atoms with van der Waals surface area (Å²) < 4.78 is 80.2. The van der Waals surface area contributed by atoms with E-state index in [-0.39, 0.29) is 16.7 Å². The first-order valence-electron chi connectivity index (χ1n) is 10.2.